The highest BCUT2D eigenvalue weighted by atomic mass is 16.5. The van der Waals surface area contributed by atoms with Crippen LogP contribution in [-0.2, 0) is 18.3 Å². The van der Waals surface area contributed by atoms with E-state index in [9.17, 15) is 14.4 Å². The van der Waals surface area contributed by atoms with Crippen LogP contribution in [0.1, 0.15) is 23.0 Å². The van der Waals surface area contributed by atoms with Crippen molar-refractivity contribution in [3.05, 3.63) is 70.1 Å². The molecule has 0 unspecified atom stereocenters. The van der Waals surface area contributed by atoms with Crippen LogP contribution in [0.15, 0.2) is 53.3 Å². The number of nitrogens with zero attached hydrogens (tertiary/aromatic N) is 2. The quantitative estimate of drug-likeness (QED) is 0.415. The minimum atomic E-state index is -0.494. The van der Waals surface area contributed by atoms with Crippen LogP contribution >= 0.6 is 0 Å². The van der Waals surface area contributed by atoms with Crippen molar-refractivity contribution in [3.8, 4) is 5.75 Å². The summed E-state index contributed by atoms with van der Waals surface area (Å²) >= 11 is 0. The number of benzene rings is 2. The van der Waals surface area contributed by atoms with Crippen molar-refractivity contribution >= 4 is 22.5 Å². The molecular formula is C19H16N2O4. The van der Waals surface area contributed by atoms with Gasteiger partial charge in [0.1, 0.15) is 5.75 Å². The molecule has 3 rings (SSSR count). The Bertz CT molecular complexity index is 1020. The zero-order chi connectivity index (χ0) is 18.0. The van der Waals surface area contributed by atoms with Crippen LogP contribution in [0, 0.1) is 0 Å². The van der Waals surface area contributed by atoms with Crippen molar-refractivity contribution in [2.45, 2.75) is 13.3 Å². The average molecular weight is 336 g/mol. The molecule has 0 N–H and O–H groups in total. The highest BCUT2D eigenvalue weighted by Crippen LogP contribution is 2.16. The number of aryl methyl sites for hydroxylation is 1. The Morgan fingerprint density at radius 1 is 1.04 bits per heavy atom. The van der Waals surface area contributed by atoms with E-state index in [4.69, 9.17) is 4.74 Å². The van der Waals surface area contributed by atoms with Gasteiger partial charge in [-0.25, -0.2) is 4.68 Å². The molecule has 0 spiro atoms. The second-order valence-corrected chi connectivity index (χ2v) is 5.65. The van der Waals surface area contributed by atoms with Gasteiger partial charge in [0.25, 0.3) is 5.56 Å². The summed E-state index contributed by atoms with van der Waals surface area (Å²) in [6, 6.07) is 13.4. The van der Waals surface area contributed by atoms with Crippen LogP contribution in [-0.4, -0.2) is 21.5 Å². The molecular weight excluding hydrogens is 320 g/mol. The second kappa shape index (κ2) is 6.68. The summed E-state index contributed by atoms with van der Waals surface area (Å²) in [5.41, 5.74) is 0.807. The first-order chi connectivity index (χ1) is 12.0. The molecule has 0 aliphatic heterocycles. The van der Waals surface area contributed by atoms with Gasteiger partial charge in [0, 0.05) is 18.0 Å². The van der Waals surface area contributed by atoms with Gasteiger partial charge < -0.3 is 4.74 Å². The summed E-state index contributed by atoms with van der Waals surface area (Å²) in [5, 5.41) is 5.32. The van der Waals surface area contributed by atoms with Crippen LogP contribution in [0.25, 0.3) is 10.8 Å². The van der Waals surface area contributed by atoms with Crippen LogP contribution in [0.3, 0.4) is 0 Å². The molecule has 126 valence electrons. The number of fused-ring (bicyclic) bond motifs is 1. The summed E-state index contributed by atoms with van der Waals surface area (Å²) in [5.74, 6) is -0.199. The lowest BCUT2D eigenvalue weighted by atomic mass is 10.1. The van der Waals surface area contributed by atoms with Crippen molar-refractivity contribution < 1.29 is 14.3 Å². The SMILES string of the molecule is CC(=O)c1ccc(OC(=O)Cc2nn(C)c(=O)c3ccccc23)cc1. The monoisotopic (exact) mass is 336 g/mol. The van der Waals surface area contributed by atoms with Crippen LogP contribution in [0.5, 0.6) is 5.75 Å². The topological polar surface area (TPSA) is 78.3 Å². The Hall–Kier alpha value is -3.28. The second-order valence-electron chi connectivity index (χ2n) is 5.65. The highest BCUT2D eigenvalue weighted by Gasteiger charge is 2.14. The predicted octanol–water partition coefficient (Wildman–Crippen LogP) is 2.28. The van der Waals surface area contributed by atoms with Gasteiger partial charge in [-0.3, -0.25) is 14.4 Å². The number of ether oxygens (including phenoxy) is 1. The van der Waals surface area contributed by atoms with Crippen molar-refractivity contribution in [1.29, 1.82) is 0 Å². The third kappa shape index (κ3) is 3.47. The molecule has 0 bridgehead atoms. The van der Waals surface area contributed by atoms with E-state index in [1.807, 2.05) is 0 Å². The molecule has 0 aliphatic carbocycles. The van der Waals surface area contributed by atoms with E-state index in [-0.39, 0.29) is 17.8 Å². The maximum Gasteiger partial charge on any atom is 0.317 e. The van der Waals surface area contributed by atoms with E-state index in [2.05, 4.69) is 5.10 Å². The van der Waals surface area contributed by atoms with Gasteiger partial charge in [-0.15, -0.1) is 0 Å². The van der Waals surface area contributed by atoms with Gasteiger partial charge in [-0.05, 0) is 37.3 Å². The van der Waals surface area contributed by atoms with Gasteiger partial charge in [0.2, 0.25) is 0 Å². The summed E-state index contributed by atoms with van der Waals surface area (Å²) in [7, 11) is 1.55. The van der Waals surface area contributed by atoms with Gasteiger partial charge in [0.05, 0.1) is 17.5 Å². The van der Waals surface area contributed by atoms with E-state index < -0.39 is 5.97 Å². The van der Waals surface area contributed by atoms with Gasteiger partial charge >= 0.3 is 5.97 Å². The number of aromatic nitrogens is 2. The largest absolute Gasteiger partial charge is 0.426 e. The molecule has 0 radical (unpaired) electrons. The molecule has 0 aliphatic rings. The fourth-order valence-electron chi connectivity index (χ4n) is 2.57. The first-order valence-electron chi connectivity index (χ1n) is 7.72. The first kappa shape index (κ1) is 16.6. The Morgan fingerprint density at radius 3 is 2.32 bits per heavy atom. The van der Waals surface area contributed by atoms with E-state index in [1.54, 1.807) is 55.6 Å². The lowest BCUT2D eigenvalue weighted by Gasteiger charge is -2.08. The molecule has 0 saturated carbocycles. The number of hydrogen-bond acceptors (Lipinski definition) is 5. The molecule has 1 heterocycles. The lowest BCUT2D eigenvalue weighted by Crippen LogP contribution is -2.23. The molecule has 0 amide bonds. The Morgan fingerprint density at radius 2 is 1.68 bits per heavy atom. The summed E-state index contributed by atoms with van der Waals surface area (Å²) in [4.78, 5) is 35.6. The fraction of sp³-hybridized carbons (Fsp3) is 0.158. The van der Waals surface area contributed by atoms with Gasteiger partial charge in [0.15, 0.2) is 5.78 Å². The molecule has 1 aromatic heterocycles. The summed E-state index contributed by atoms with van der Waals surface area (Å²) < 4.78 is 6.51. The molecule has 2 aromatic carbocycles. The zero-order valence-corrected chi connectivity index (χ0v) is 13.9. The van der Waals surface area contributed by atoms with E-state index >= 15 is 0 Å². The molecule has 3 aromatic rings. The van der Waals surface area contributed by atoms with E-state index in [1.165, 1.54) is 11.6 Å². The summed E-state index contributed by atoms with van der Waals surface area (Å²) in [6.07, 6.45) is -0.0664. The number of ketones is 1. The number of esters is 1. The van der Waals surface area contributed by atoms with Crippen molar-refractivity contribution in [2.75, 3.05) is 0 Å². The molecule has 0 fully saturated rings. The third-order valence-electron chi connectivity index (χ3n) is 3.84. The van der Waals surface area contributed by atoms with Crippen LogP contribution < -0.4 is 10.3 Å². The Labute approximate surface area is 143 Å². The third-order valence-corrected chi connectivity index (χ3v) is 3.84. The smallest absolute Gasteiger partial charge is 0.317 e. The fourth-order valence-corrected chi connectivity index (χ4v) is 2.57. The Balaban J connectivity index is 1.84. The van der Waals surface area contributed by atoms with Gasteiger partial charge in [-0.2, -0.15) is 5.10 Å². The molecule has 0 saturated heterocycles. The van der Waals surface area contributed by atoms with E-state index in [0.29, 0.717) is 27.8 Å². The predicted molar refractivity (Wildman–Crippen MR) is 92.8 cm³/mol. The number of rotatable bonds is 4. The minimum Gasteiger partial charge on any atom is -0.426 e. The standard InChI is InChI=1S/C19H16N2O4/c1-12(22)13-7-9-14(10-8-13)25-18(23)11-17-15-5-3-4-6-16(15)19(24)21(2)20-17/h3-10H,11H2,1-2H3. The van der Waals surface area contributed by atoms with Crippen LogP contribution in [0.2, 0.25) is 0 Å². The molecule has 6 heteroatoms. The molecule has 0 atom stereocenters. The number of hydrogen-bond donors (Lipinski definition) is 0. The lowest BCUT2D eigenvalue weighted by molar-refractivity contribution is -0.133. The number of carbonyl (C=O) groups is 2. The normalized spacial score (nSPS) is 10.6. The maximum absolute atomic E-state index is 12.2. The number of carbonyl (C=O) groups excluding carboxylic acids is 2. The molecule has 6 nitrogen and oxygen atoms in total. The summed E-state index contributed by atoms with van der Waals surface area (Å²) in [6.45, 7) is 1.47. The van der Waals surface area contributed by atoms with Crippen molar-refractivity contribution in [3.63, 3.8) is 0 Å². The average Bonchev–Trinajstić information content (AvgIpc) is 2.60. The van der Waals surface area contributed by atoms with Gasteiger partial charge in [-0.1, -0.05) is 18.2 Å². The zero-order valence-electron chi connectivity index (χ0n) is 13.9. The Kier molecular flexibility index (Phi) is 4.43. The maximum atomic E-state index is 12.2. The first-order valence-corrected chi connectivity index (χ1v) is 7.72. The van der Waals surface area contributed by atoms with Crippen molar-refractivity contribution in [2.24, 2.45) is 7.05 Å². The number of Topliss-reactive ketones (excluding diaryl/α,β-unsaturated/α-hetero) is 1. The molecule has 25 heavy (non-hydrogen) atoms. The van der Waals surface area contributed by atoms with Crippen molar-refractivity contribution in [1.82, 2.24) is 9.78 Å². The van der Waals surface area contributed by atoms with E-state index in [0.717, 1.165) is 0 Å². The van der Waals surface area contributed by atoms with Crippen LogP contribution in [0.4, 0.5) is 0 Å². The highest BCUT2D eigenvalue weighted by molar-refractivity contribution is 5.94. The minimum absolute atomic E-state index is 0.0567.